The molecule has 0 radical (unpaired) electrons. The summed E-state index contributed by atoms with van der Waals surface area (Å²) in [5.74, 6) is 1.63. The number of rotatable bonds is 6. The van der Waals surface area contributed by atoms with Gasteiger partial charge in [0.25, 0.3) is 0 Å². The van der Waals surface area contributed by atoms with Gasteiger partial charge in [-0.05, 0) is 81.6 Å². The Morgan fingerprint density at radius 2 is 0.967 bits per heavy atom. The molecule has 0 spiro atoms. The minimum Gasteiger partial charge on any atom is -0.456 e. The zero-order chi connectivity index (χ0) is 39.6. The van der Waals surface area contributed by atoms with Crippen LogP contribution in [0.15, 0.2) is 205 Å². The fraction of sp³-hybridized carbons (Fsp3) is 0. The number of benzene rings is 8. The molecule has 0 bridgehead atoms. The summed E-state index contributed by atoms with van der Waals surface area (Å²) in [7, 11) is 0. The molecule has 6 nitrogen and oxygen atoms in total. The first kappa shape index (κ1) is 33.9. The van der Waals surface area contributed by atoms with Crippen LogP contribution < -0.4 is 0 Å². The van der Waals surface area contributed by atoms with Crippen LogP contribution in [0.5, 0.6) is 0 Å². The number of furan rings is 1. The van der Waals surface area contributed by atoms with Crippen LogP contribution in [0.1, 0.15) is 0 Å². The SMILES string of the molecule is c1ccc(-c2ccc3c4cc5ccccc5cc4n(-c4ccc(-c5cccc(-c6nc(-c7ccccc7)nc(-c7nccc8oc9ccccc9c78)n6)c5)cc4)c3c2)cc1. The van der Waals surface area contributed by atoms with Crippen LogP contribution in [0.25, 0.3) is 117 Å². The number of pyridine rings is 1. The molecule has 8 aromatic carbocycles. The Morgan fingerprint density at radius 1 is 0.367 bits per heavy atom. The molecule has 4 aromatic heterocycles. The van der Waals surface area contributed by atoms with Gasteiger partial charge >= 0.3 is 0 Å². The van der Waals surface area contributed by atoms with Crippen molar-refractivity contribution in [2.24, 2.45) is 0 Å². The van der Waals surface area contributed by atoms with E-state index in [9.17, 15) is 0 Å². The summed E-state index contributed by atoms with van der Waals surface area (Å²) < 4.78 is 8.61. The summed E-state index contributed by atoms with van der Waals surface area (Å²) in [6.45, 7) is 0. The van der Waals surface area contributed by atoms with Crippen molar-refractivity contribution in [3.05, 3.63) is 200 Å². The first-order chi connectivity index (χ1) is 29.7. The molecule has 0 atom stereocenters. The first-order valence-corrected chi connectivity index (χ1v) is 20.0. The molecule has 0 aliphatic heterocycles. The van der Waals surface area contributed by atoms with Crippen molar-refractivity contribution >= 4 is 54.5 Å². The van der Waals surface area contributed by atoms with E-state index in [1.54, 1.807) is 6.20 Å². The van der Waals surface area contributed by atoms with Gasteiger partial charge in [-0.15, -0.1) is 0 Å². The van der Waals surface area contributed by atoms with E-state index in [0.29, 0.717) is 23.2 Å². The van der Waals surface area contributed by atoms with Gasteiger partial charge in [0.2, 0.25) is 0 Å². The molecule has 6 heteroatoms. The van der Waals surface area contributed by atoms with Crippen molar-refractivity contribution in [1.82, 2.24) is 24.5 Å². The van der Waals surface area contributed by atoms with Crippen molar-refractivity contribution in [2.75, 3.05) is 0 Å². The molecule has 0 fully saturated rings. The summed E-state index contributed by atoms with van der Waals surface area (Å²) in [5.41, 5.74) is 11.9. The molecule has 4 heterocycles. The van der Waals surface area contributed by atoms with Crippen molar-refractivity contribution in [3.63, 3.8) is 0 Å². The largest absolute Gasteiger partial charge is 0.456 e. The molecular formula is C54H33N5O. The third-order valence-corrected chi connectivity index (χ3v) is 11.5. The molecule has 0 unspecified atom stereocenters. The Kier molecular flexibility index (Phi) is 7.74. The van der Waals surface area contributed by atoms with Crippen molar-refractivity contribution in [1.29, 1.82) is 0 Å². The van der Waals surface area contributed by atoms with E-state index in [1.165, 1.54) is 43.7 Å². The lowest BCUT2D eigenvalue weighted by atomic mass is 10.0. The lowest BCUT2D eigenvalue weighted by Crippen LogP contribution is -2.01. The van der Waals surface area contributed by atoms with E-state index in [4.69, 9.17) is 24.4 Å². The zero-order valence-corrected chi connectivity index (χ0v) is 32.2. The Hall–Kier alpha value is -8.22. The molecular weight excluding hydrogens is 735 g/mol. The normalized spacial score (nSPS) is 11.7. The Bertz CT molecular complexity index is 3590. The predicted molar refractivity (Wildman–Crippen MR) is 244 cm³/mol. The summed E-state index contributed by atoms with van der Waals surface area (Å²) in [5, 5.41) is 6.76. The number of hydrogen-bond donors (Lipinski definition) is 0. The van der Waals surface area contributed by atoms with Crippen LogP contribution in [0.4, 0.5) is 0 Å². The summed E-state index contributed by atoms with van der Waals surface area (Å²) in [6.07, 6.45) is 1.75. The van der Waals surface area contributed by atoms with E-state index in [0.717, 1.165) is 49.9 Å². The maximum Gasteiger partial charge on any atom is 0.183 e. The average molecular weight is 768 g/mol. The maximum atomic E-state index is 6.21. The van der Waals surface area contributed by atoms with Crippen LogP contribution in [0, 0.1) is 0 Å². The topological polar surface area (TPSA) is 69.6 Å². The highest BCUT2D eigenvalue weighted by molar-refractivity contribution is 6.14. The van der Waals surface area contributed by atoms with E-state index < -0.39 is 0 Å². The van der Waals surface area contributed by atoms with Crippen LogP contribution in [-0.2, 0) is 0 Å². The third-order valence-electron chi connectivity index (χ3n) is 11.5. The van der Waals surface area contributed by atoms with E-state index >= 15 is 0 Å². The number of para-hydroxylation sites is 1. The molecule has 0 N–H and O–H groups in total. The maximum absolute atomic E-state index is 6.21. The number of fused-ring (bicyclic) bond motifs is 7. The van der Waals surface area contributed by atoms with Crippen LogP contribution in [0.3, 0.4) is 0 Å². The minimum absolute atomic E-state index is 0.486. The minimum atomic E-state index is 0.486. The molecule has 12 aromatic rings. The summed E-state index contributed by atoms with van der Waals surface area (Å²) in [4.78, 5) is 20.0. The highest BCUT2D eigenvalue weighted by Gasteiger charge is 2.20. The summed E-state index contributed by atoms with van der Waals surface area (Å²) >= 11 is 0. The van der Waals surface area contributed by atoms with Crippen molar-refractivity contribution in [2.45, 2.75) is 0 Å². The van der Waals surface area contributed by atoms with E-state index in [-0.39, 0.29) is 0 Å². The van der Waals surface area contributed by atoms with E-state index in [2.05, 4.69) is 138 Å². The van der Waals surface area contributed by atoms with Crippen molar-refractivity contribution in [3.8, 4) is 62.2 Å². The van der Waals surface area contributed by atoms with Gasteiger partial charge in [0.15, 0.2) is 17.5 Å². The molecule has 280 valence electrons. The van der Waals surface area contributed by atoms with Crippen LogP contribution >= 0.6 is 0 Å². The highest BCUT2D eigenvalue weighted by atomic mass is 16.3. The van der Waals surface area contributed by atoms with Gasteiger partial charge in [-0.25, -0.2) is 15.0 Å². The molecule has 0 saturated heterocycles. The van der Waals surface area contributed by atoms with Gasteiger partial charge in [-0.2, -0.15) is 0 Å². The average Bonchev–Trinajstić information content (AvgIpc) is 3.86. The predicted octanol–water partition coefficient (Wildman–Crippen LogP) is 13.8. The molecule has 60 heavy (non-hydrogen) atoms. The second-order valence-corrected chi connectivity index (χ2v) is 15.1. The smallest absolute Gasteiger partial charge is 0.183 e. The fourth-order valence-corrected chi connectivity index (χ4v) is 8.60. The standard InChI is InChI=1S/C54H33N5O/c1-3-12-34(13-4-1)40-24-27-43-45-31-38-16-7-8-17-39(38)32-47(45)59(46(43)33-40)42-25-22-35(23-26-42)37-18-11-19-41(30-37)53-56-52(36-14-5-2-6-15-36)57-54(58-53)51-50-44-20-9-10-21-48(44)60-49(50)28-29-55-51/h1-33H. The van der Waals surface area contributed by atoms with Gasteiger partial charge in [-0.1, -0.05) is 146 Å². The van der Waals surface area contributed by atoms with Gasteiger partial charge in [-0.3, -0.25) is 4.98 Å². The lowest BCUT2D eigenvalue weighted by molar-refractivity contribution is 0.668. The number of aromatic nitrogens is 5. The number of hydrogen-bond acceptors (Lipinski definition) is 5. The van der Waals surface area contributed by atoms with Crippen LogP contribution in [-0.4, -0.2) is 24.5 Å². The molecule has 0 aliphatic rings. The van der Waals surface area contributed by atoms with E-state index in [1.807, 2.05) is 60.7 Å². The molecule has 0 saturated carbocycles. The Balaban J connectivity index is 0.976. The van der Waals surface area contributed by atoms with Gasteiger partial charge in [0.1, 0.15) is 16.9 Å². The second kappa shape index (κ2) is 13.7. The fourth-order valence-electron chi connectivity index (χ4n) is 8.60. The number of nitrogens with zero attached hydrogens (tertiary/aromatic N) is 5. The monoisotopic (exact) mass is 767 g/mol. The highest BCUT2D eigenvalue weighted by Crippen LogP contribution is 2.39. The zero-order valence-electron chi connectivity index (χ0n) is 32.2. The van der Waals surface area contributed by atoms with Crippen molar-refractivity contribution < 1.29 is 4.42 Å². The quantitative estimate of drug-likeness (QED) is 0.168. The first-order valence-electron chi connectivity index (χ1n) is 20.0. The van der Waals surface area contributed by atoms with Gasteiger partial charge in [0.05, 0.1) is 16.4 Å². The molecule has 0 amide bonds. The van der Waals surface area contributed by atoms with Gasteiger partial charge < -0.3 is 8.98 Å². The Labute approximate surface area is 344 Å². The molecule has 0 aliphatic carbocycles. The second-order valence-electron chi connectivity index (χ2n) is 15.1. The van der Waals surface area contributed by atoms with Crippen LogP contribution in [0.2, 0.25) is 0 Å². The summed E-state index contributed by atoms with van der Waals surface area (Å²) in [6, 6.07) is 67.9. The van der Waals surface area contributed by atoms with Gasteiger partial charge in [0, 0.05) is 39.2 Å². The lowest BCUT2D eigenvalue weighted by Gasteiger charge is -2.12. The Morgan fingerprint density at radius 3 is 1.78 bits per heavy atom. The molecule has 12 rings (SSSR count). The third kappa shape index (κ3) is 5.65.